The zero-order valence-corrected chi connectivity index (χ0v) is 17.0. The number of benzene rings is 1. The van der Waals surface area contributed by atoms with Crippen LogP contribution in [0.3, 0.4) is 0 Å². The number of alkyl carbamates (subject to hydrolysis) is 1. The molecule has 1 aliphatic rings. The van der Waals surface area contributed by atoms with Crippen molar-refractivity contribution in [3.8, 4) is 0 Å². The van der Waals surface area contributed by atoms with Gasteiger partial charge in [0, 0.05) is 26.2 Å². The van der Waals surface area contributed by atoms with Gasteiger partial charge in [0.2, 0.25) is 15.9 Å². The molecule has 0 aromatic heterocycles. The molecule has 1 aromatic carbocycles. The average Bonchev–Trinajstić information content (AvgIpc) is 2.66. The van der Waals surface area contributed by atoms with Crippen LogP contribution in [0.1, 0.15) is 20.3 Å². The summed E-state index contributed by atoms with van der Waals surface area (Å²) in [7, 11) is -2.61. The van der Waals surface area contributed by atoms with Crippen molar-refractivity contribution in [2.24, 2.45) is 5.92 Å². The van der Waals surface area contributed by atoms with Crippen molar-refractivity contribution in [2.45, 2.75) is 31.2 Å². The molecular weight excluding hydrogens is 389 g/mol. The van der Waals surface area contributed by atoms with E-state index in [-0.39, 0.29) is 42.9 Å². The van der Waals surface area contributed by atoms with Gasteiger partial charge in [-0.1, -0.05) is 19.9 Å². The van der Waals surface area contributed by atoms with E-state index in [0.29, 0.717) is 6.42 Å². The topological polar surface area (TPSA) is 96.0 Å². The summed E-state index contributed by atoms with van der Waals surface area (Å²) in [5, 5.41) is 2.54. The number of amides is 2. The van der Waals surface area contributed by atoms with Crippen LogP contribution in [0.5, 0.6) is 0 Å². The number of hydrogen-bond acceptors (Lipinski definition) is 5. The van der Waals surface area contributed by atoms with E-state index in [4.69, 9.17) is 0 Å². The molecule has 2 amide bonds. The van der Waals surface area contributed by atoms with Crippen LogP contribution in [0, 0.1) is 11.7 Å². The van der Waals surface area contributed by atoms with Crippen LogP contribution in [0.15, 0.2) is 29.2 Å². The van der Waals surface area contributed by atoms with E-state index in [9.17, 15) is 22.4 Å². The molecule has 0 aliphatic carbocycles. The highest BCUT2D eigenvalue weighted by atomic mass is 32.2. The molecule has 1 heterocycles. The van der Waals surface area contributed by atoms with Gasteiger partial charge in [-0.2, -0.15) is 4.31 Å². The first-order chi connectivity index (χ1) is 13.1. The van der Waals surface area contributed by atoms with Crippen molar-refractivity contribution in [3.05, 3.63) is 30.1 Å². The molecule has 1 atom stereocenters. The summed E-state index contributed by atoms with van der Waals surface area (Å²) in [5.74, 6) is -0.733. The Labute approximate surface area is 164 Å². The van der Waals surface area contributed by atoms with Crippen LogP contribution in [-0.2, 0) is 19.6 Å². The van der Waals surface area contributed by atoms with Gasteiger partial charge in [0.1, 0.15) is 11.9 Å². The van der Waals surface area contributed by atoms with E-state index in [0.717, 1.165) is 6.07 Å². The van der Waals surface area contributed by atoms with E-state index < -0.39 is 28.0 Å². The predicted molar refractivity (Wildman–Crippen MR) is 101 cm³/mol. The normalized spacial score (nSPS) is 16.7. The minimum atomic E-state index is -3.83. The van der Waals surface area contributed by atoms with Crippen LogP contribution >= 0.6 is 0 Å². The van der Waals surface area contributed by atoms with Crippen LogP contribution in [-0.4, -0.2) is 69.0 Å². The number of sulfonamides is 1. The fourth-order valence-corrected chi connectivity index (χ4v) is 4.49. The zero-order valence-electron chi connectivity index (χ0n) is 16.2. The molecule has 0 saturated carbocycles. The number of nitrogens with zero attached hydrogens (tertiary/aromatic N) is 2. The molecule has 10 heteroatoms. The van der Waals surface area contributed by atoms with Crippen molar-refractivity contribution < 1.29 is 27.1 Å². The average molecular weight is 415 g/mol. The van der Waals surface area contributed by atoms with Gasteiger partial charge < -0.3 is 15.0 Å². The van der Waals surface area contributed by atoms with Gasteiger partial charge in [-0.25, -0.2) is 17.6 Å². The standard InChI is InChI=1S/C18H26FN3O5S/c1-13(2)11-16(20-18(24)27-3)17(23)21-7-9-22(10-8-21)28(25,26)15-6-4-5-14(19)12-15/h4-6,12-13,16H,7-11H2,1-3H3,(H,20,24). The van der Waals surface area contributed by atoms with Gasteiger partial charge >= 0.3 is 6.09 Å². The largest absolute Gasteiger partial charge is 0.453 e. The molecule has 1 aliphatic heterocycles. The van der Waals surface area contributed by atoms with Crippen LogP contribution in [0.2, 0.25) is 0 Å². The number of carbonyl (C=O) groups excluding carboxylic acids is 2. The van der Waals surface area contributed by atoms with Gasteiger partial charge in [-0.15, -0.1) is 0 Å². The molecule has 0 radical (unpaired) electrons. The molecule has 1 unspecified atom stereocenters. The Morgan fingerprint density at radius 3 is 2.39 bits per heavy atom. The molecule has 0 bridgehead atoms. The third kappa shape index (κ3) is 5.41. The molecule has 1 aromatic rings. The van der Waals surface area contributed by atoms with E-state index in [1.807, 2.05) is 13.8 Å². The SMILES string of the molecule is COC(=O)NC(CC(C)C)C(=O)N1CCN(S(=O)(=O)c2cccc(F)c2)CC1. The van der Waals surface area contributed by atoms with Crippen LogP contribution in [0.25, 0.3) is 0 Å². The first-order valence-corrected chi connectivity index (χ1v) is 10.5. The molecule has 156 valence electrons. The lowest BCUT2D eigenvalue weighted by Crippen LogP contribution is -2.56. The van der Waals surface area contributed by atoms with E-state index >= 15 is 0 Å². The number of halogens is 1. The molecule has 1 saturated heterocycles. The molecule has 2 rings (SSSR count). The van der Waals surface area contributed by atoms with Crippen LogP contribution in [0.4, 0.5) is 9.18 Å². The maximum atomic E-state index is 13.4. The quantitative estimate of drug-likeness (QED) is 0.758. The Morgan fingerprint density at radius 2 is 1.86 bits per heavy atom. The Morgan fingerprint density at radius 1 is 1.21 bits per heavy atom. The lowest BCUT2D eigenvalue weighted by atomic mass is 10.0. The van der Waals surface area contributed by atoms with E-state index in [2.05, 4.69) is 10.1 Å². The monoisotopic (exact) mass is 415 g/mol. The number of ether oxygens (including phenoxy) is 1. The van der Waals surface area contributed by atoms with Gasteiger partial charge in [-0.05, 0) is 30.5 Å². The Hall–Kier alpha value is -2.20. The number of rotatable bonds is 6. The van der Waals surface area contributed by atoms with Gasteiger partial charge in [0.05, 0.1) is 12.0 Å². The van der Waals surface area contributed by atoms with Crippen molar-refractivity contribution in [1.29, 1.82) is 0 Å². The van der Waals surface area contributed by atoms with Crippen LogP contribution < -0.4 is 5.32 Å². The Kier molecular flexibility index (Phi) is 7.36. The minimum absolute atomic E-state index is 0.0945. The number of nitrogens with one attached hydrogen (secondary N) is 1. The van der Waals surface area contributed by atoms with Crippen molar-refractivity contribution >= 4 is 22.0 Å². The first kappa shape index (κ1) is 22.1. The van der Waals surface area contributed by atoms with Crippen molar-refractivity contribution in [3.63, 3.8) is 0 Å². The second-order valence-electron chi connectivity index (χ2n) is 7.00. The zero-order chi connectivity index (χ0) is 20.9. The van der Waals surface area contributed by atoms with E-state index in [1.54, 1.807) is 0 Å². The highest BCUT2D eigenvalue weighted by Crippen LogP contribution is 2.19. The highest BCUT2D eigenvalue weighted by Gasteiger charge is 2.33. The molecule has 1 fully saturated rings. The lowest BCUT2D eigenvalue weighted by molar-refractivity contribution is -0.135. The molecule has 0 spiro atoms. The molecular formula is C18H26FN3O5S. The summed E-state index contributed by atoms with van der Waals surface area (Å²) < 4.78 is 44.5. The van der Waals surface area contributed by atoms with Gasteiger partial charge in [-0.3, -0.25) is 4.79 Å². The fourth-order valence-electron chi connectivity index (χ4n) is 3.04. The molecule has 8 nitrogen and oxygen atoms in total. The molecule has 1 N–H and O–H groups in total. The van der Waals surface area contributed by atoms with E-state index in [1.165, 1.54) is 34.5 Å². The van der Waals surface area contributed by atoms with Gasteiger partial charge in [0.25, 0.3) is 0 Å². The number of hydrogen-bond donors (Lipinski definition) is 1. The predicted octanol–water partition coefficient (Wildman–Crippen LogP) is 1.43. The summed E-state index contributed by atoms with van der Waals surface area (Å²) >= 11 is 0. The smallest absolute Gasteiger partial charge is 0.407 e. The number of piperazine rings is 1. The summed E-state index contributed by atoms with van der Waals surface area (Å²) in [6.45, 7) is 4.43. The lowest BCUT2D eigenvalue weighted by Gasteiger charge is -2.36. The van der Waals surface area contributed by atoms with Crippen molar-refractivity contribution in [2.75, 3.05) is 33.3 Å². The summed E-state index contributed by atoms with van der Waals surface area (Å²) in [6.07, 6.45) is -0.248. The highest BCUT2D eigenvalue weighted by molar-refractivity contribution is 7.89. The fraction of sp³-hybridized carbons (Fsp3) is 0.556. The second kappa shape index (κ2) is 9.33. The summed E-state index contributed by atoms with van der Waals surface area (Å²) in [4.78, 5) is 25.7. The maximum absolute atomic E-state index is 13.4. The third-order valence-electron chi connectivity index (χ3n) is 4.47. The number of methoxy groups -OCH3 is 1. The van der Waals surface area contributed by atoms with Crippen molar-refractivity contribution in [1.82, 2.24) is 14.5 Å². The Balaban J connectivity index is 2.05. The minimum Gasteiger partial charge on any atom is -0.453 e. The second-order valence-corrected chi connectivity index (χ2v) is 8.94. The maximum Gasteiger partial charge on any atom is 0.407 e. The summed E-state index contributed by atoms with van der Waals surface area (Å²) in [6, 6.07) is 4.11. The third-order valence-corrected chi connectivity index (χ3v) is 6.36. The number of carbonyl (C=O) groups is 2. The first-order valence-electron chi connectivity index (χ1n) is 9.04. The molecule has 28 heavy (non-hydrogen) atoms. The summed E-state index contributed by atoms with van der Waals surface area (Å²) in [5.41, 5.74) is 0. The Bertz CT molecular complexity index is 807. The van der Waals surface area contributed by atoms with Gasteiger partial charge in [0.15, 0.2) is 0 Å².